The fraction of sp³-hybridized carbons (Fsp3) is 0.0909. The molecule has 0 saturated carbocycles. The lowest BCUT2D eigenvalue weighted by Crippen LogP contribution is -2.17. The van der Waals surface area contributed by atoms with E-state index in [2.05, 4.69) is 31.9 Å². The highest BCUT2D eigenvalue weighted by Crippen LogP contribution is 2.21. The third-order valence-electron chi connectivity index (χ3n) is 4.57. The number of hydrogen-bond donors (Lipinski definition) is 0. The Hall–Kier alpha value is -2.84. The van der Waals surface area contributed by atoms with Crippen LogP contribution < -0.4 is 11.3 Å². The van der Waals surface area contributed by atoms with Gasteiger partial charge in [0.1, 0.15) is 22.3 Å². The Kier molecular flexibility index (Phi) is 5.53. The van der Waals surface area contributed by atoms with E-state index in [1.807, 2.05) is 0 Å². The molecule has 0 radical (unpaired) electrons. The number of ketones is 2. The van der Waals surface area contributed by atoms with Crippen molar-refractivity contribution >= 4 is 65.4 Å². The number of hydrogen-bond acceptors (Lipinski definition) is 6. The van der Waals surface area contributed by atoms with Gasteiger partial charge in [-0.25, -0.2) is 9.59 Å². The monoisotopic (exact) mass is 530 g/mol. The maximum atomic E-state index is 12.5. The Labute approximate surface area is 185 Å². The molecule has 4 rings (SSSR count). The van der Waals surface area contributed by atoms with Gasteiger partial charge in [-0.1, -0.05) is 31.9 Å². The van der Waals surface area contributed by atoms with Crippen molar-refractivity contribution in [1.82, 2.24) is 0 Å². The molecule has 0 saturated heterocycles. The summed E-state index contributed by atoms with van der Waals surface area (Å²) in [6.45, 7) is 0. The van der Waals surface area contributed by atoms with E-state index in [0.717, 1.165) is 8.95 Å². The predicted octanol–water partition coefficient (Wildman–Crippen LogP) is 5.27. The van der Waals surface area contributed by atoms with Crippen molar-refractivity contribution in [3.05, 3.63) is 89.4 Å². The van der Waals surface area contributed by atoms with Gasteiger partial charge in [-0.15, -0.1) is 0 Å². The summed E-state index contributed by atoms with van der Waals surface area (Å²) in [6, 6.07) is 13.0. The van der Waals surface area contributed by atoms with Gasteiger partial charge in [-0.2, -0.15) is 0 Å². The number of carbonyl (C=O) groups excluding carboxylic acids is 2. The second kappa shape index (κ2) is 8.12. The Morgan fingerprint density at radius 1 is 0.667 bits per heavy atom. The second-order valence-electron chi connectivity index (χ2n) is 6.61. The Balaban J connectivity index is 1.57. The highest BCUT2D eigenvalue weighted by molar-refractivity contribution is 9.10. The van der Waals surface area contributed by atoms with Crippen molar-refractivity contribution < 1.29 is 18.4 Å². The molecule has 2 heterocycles. The minimum atomic E-state index is -0.766. The van der Waals surface area contributed by atoms with Crippen LogP contribution in [0.5, 0.6) is 0 Å². The molecule has 2 aromatic carbocycles. The van der Waals surface area contributed by atoms with Crippen molar-refractivity contribution in [3.8, 4) is 0 Å². The first-order valence-electron chi connectivity index (χ1n) is 8.85. The van der Waals surface area contributed by atoms with Crippen LogP contribution in [0, 0.1) is 0 Å². The minimum absolute atomic E-state index is 0.136. The molecule has 0 N–H and O–H groups in total. The first kappa shape index (κ1) is 20.4. The molecule has 0 bridgehead atoms. The summed E-state index contributed by atoms with van der Waals surface area (Å²) in [5, 5.41) is 1.17. The van der Waals surface area contributed by atoms with E-state index in [1.54, 1.807) is 36.4 Å². The smallest absolute Gasteiger partial charge is 0.347 e. The molecule has 0 spiro atoms. The van der Waals surface area contributed by atoms with Crippen LogP contribution in [0.2, 0.25) is 0 Å². The van der Waals surface area contributed by atoms with Gasteiger partial charge in [0.25, 0.3) is 0 Å². The van der Waals surface area contributed by atoms with Gasteiger partial charge in [-0.3, -0.25) is 9.59 Å². The predicted molar refractivity (Wildman–Crippen MR) is 118 cm³/mol. The number of Topliss-reactive ketones (excluding diaryl/α,β-unsaturated/α-hetero) is 2. The summed E-state index contributed by atoms with van der Waals surface area (Å²) in [4.78, 5) is 49.4. The van der Waals surface area contributed by atoms with Gasteiger partial charge in [0, 0.05) is 32.6 Å². The molecule has 6 nitrogen and oxygen atoms in total. The molecule has 150 valence electrons. The Morgan fingerprint density at radius 2 is 1.07 bits per heavy atom. The lowest BCUT2D eigenvalue weighted by atomic mass is 10.0. The lowest BCUT2D eigenvalue weighted by molar-refractivity contribution is 0.0913. The van der Waals surface area contributed by atoms with Gasteiger partial charge < -0.3 is 8.83 Å². The Bertz CT molecular complexity index is 1340. The van der Waals surface area contributed by atoms with Crippen LogP contribution in [0.25, 0.3) is 21.9 Å². The number of carbonyl (C=O) groups is 2. The fourth-order valence-electron chi connectivity index (χ4n) is 3.07. The summed E-state index contributed by atoms with van der Waals surface area (Å²) in [6.07, 6.45) is -0.474. The molecule has 0 aliphatic carbocycles. The third kappa shape index (κ3) is 4.06. The minimum Gasteiger partial charge on any atom is -0.422 e. The second-order valence-corrected chi connectivity index (χ2v) is 8.44. The number of rotatable bonds is 5. The topological polar surface area (TPSA) is 94.6 Å². The molecule has 8 heteroatoms. The molecule has 4 aromatic rings. The van der Waals surface area contributed by atoms with Gasteiger partial charge in [0.2, 0.25) is 0 Å². The highest BCUT2D eigenvalue weighted by atomic mass is 79.9. The normalized spacial score (nSPS) is 11.1. The summed E-state index contributed by atoms with van der Waals surface area (Å²) >= 11 is 6.65. The number of halogens is 2. The summed E-state index contributed by atoms with van der Waals surface area (Å²) in [7, 11) is 0. The van der Waals surface area contributed by atoms with Gasteiger partial charge in [0.15, 0.2) is 11.6 Å². The average molecular weight is 532 g/mol. The first-order valence-corrected chi connectivity index (χ1v) is 10.4. The fourth-order valence-corrected chi connectivity index (χ4v) is 3.83. The third-order valence-corrected chi connectivity index (χ3v) is 5.55. The zero-order chi connectivity index (χ0) is 21.4. The van der Waals surface area contributed by atoms with Crippen molar-refractivity contribution in [1.29, 1.82) is 0 Å². The SMILES string of the molecule is O=C(CCC(=O)c1cc2cc(Br)ccc2oc1=O)c1cc2cc(Br)ccc2oc1=O. The van der Waals surface area contributed by atoms with Crippen LogP contribution in [0.4, 0.5) is 0 Å². The van der Waals surface area contributed by atoms with E-state index in [4.69, 9.17) is 8.83 Å². The first-order chi connectivity index (χ1) is 14.3. The summed E-state index contributed by atoms with van der Waals surface area (Å²) in [5.41, 5.74) is -1.09. The van der Waals surface area contributed by atoms with Crippen LogP contribution in [-0.4, -0.2) is 11.6 Å². The van der Waals surface area contributed by atoms with Gasteiger partial charge in [-0.05, 0) is 48.5 Å². The standard InChI is InChI=1S/C22H12Br2O6/c23-13-1-5-19-11(7-13)9-15(21(27)29-19)17(25)3-4-18(26)16-10-12-8-14(24)2-6-20(12)30-22(16)28/h1-2,5-10H,3-4H2. The molecule has 0 unspecified atom stereocenters. The van der Waals surface area contributed by atoms with Crippen LogP contribution in [0.15, 0.2) is 75.9 Å². The van der Waals surface area contributed by atoms with Crippen LogP contribution in [0.1, 0.15) is 33.6 Å². The number of fused-ring (bicyclic) bond motifs is 2. The van der Waals surface area contributed by atoms with E-state index in [1.165, 1.54) is 12.1 Å². The van der Waals surface area contributed by atoms with Crippen LogP contribution in [-0.2, 0) is 0 Å². The summed E-state index contributed by atoms with van der Waals surface area (Å²) in [5.74, 6) is -1.07. The molecular formula is C22H12Br2O6. The maximum absolute atomic E-state index is 12.5. The van der Waals surface area contributed by atoms with Gasteiger partial charge in [0.05, 0.1) is 0 Å². The molecule has 2 aromatic heterocycles. The van der Waals surface area contributed by atoms with Crippen molar-refractivity contribution in [2.75, 3.05) is 0 Å². The Morgan fingerprint density at radius 3 is 1.47 bits per heavy atom. The van der Waals surface area contributed by atoms with E-state index >= 15 is 0 Å². The van der Waals surface area contributed by atoms with E-state index in [-0.39, 0.29) is 24.0 Å². The zero-order valence-corrected chi connectivity index (χ0v) is 18.4. The lowest BCUT2D eigenvalue weighted by Gasteiger charge is -2.04. The maximum Gasteiger partial charge on any atom is 0.347 e. The van der Waals surface area contributed by atoms with E-state index in [9.17, 15) is 19.2 Å². The highest BCUT2D eigenvalue weighted by Gasteiger charge is 2.19. The van der Waals surface area contributed by atoms with Crippen LogP contribution >= 0.6 is 31.9 Å². The summed E-state index contributed by atoms with van der Waals surface area (Å²) < 4.78 is 11.9. The largest absolute Gasteiger partial charge is 0.422 e. The van der Waals surface area contributed by atoms with Crippen molar-refractivity contribution in [2.24, 2.45) is 0 Å². The van der Waals surface area contributed by atoms with Crippen LogP contribution in [0.3, 0.4) is 0 Å². The van der Waals surface area contributed by atoms with Gasteiger partial charge >= 0.3 is 11.3 Å². The quantitative estimate of drug-likeness (QED) is 0.257. The van der Waals surface area contributed by atoms with E-state index < -0.39 is 22.8 Å². The molecule has 0 amide bonds. The molecule has 0 atom stereocenters. The van der Waals surface area contributed by atoms with Crippen molar-refractivity contribution in [2.45, 2.75) is 12.8 Å². The average Bonchev–Trinajstić information content (AvgIpc) is 2.71. The molecule has 0 aliphatic rings. The van der Waals surface area contributed by atoms with Crippen molar-refractivity contribution in [3.63, 3.8) is 0 Å². The molecule has 0 fully saturated rings. The number of benzene rings is 2. The molecular weight excluding hydrogens is 520 g/mol. The zero-order valence-electron chi connectivity index (χ0n) is 15.2. The molecule has 30 heavy (non-hydrogen) atoms. The van der Waals surface area contributed by atoms with E-state index in [0.29, 0.717) is 21.9 Å². The molecule has 0 aliphatic heterocycles.